The van der Waals surface area contributed by atoms with Crippen LogP contribution in [0.1, 0.15) is 13.3 Å². The van der Waals surface area contributed by atoms with E-state index in [9.17, 15) is 9.59 Å². The van der Waals surface area contributed by atoms with Crippen molar-refractivity contribution in [2.45, 2.75) is 19.4 Å². The predicted molar refractivity (Wildman–Crippen MR) is 47.4 cm³/mol. The van der Waals surface area contributed by atoms with E-state index in [0.29, 0.717) is 12.3 Å². The fourth-order valence-electron chi connectivity index (χ4n) is 1.54. The van der Waals surface area contributed by atoms with Gasteiger partial charge < -0.3 is 15.2 Å². The van der Waals surface area contributed by atoms with Crippen LogP contribution in [0, 0.1) is 11.8 Å². The molecule has 3 unspecified atom stereocenters. The molecule has 4 heteroatoms. The molecule has 0 aliphatic heterocycles. The molecule has 3 atom stereocenters. The highest BCUT2D eigenvalue weighted by molar-refractivity contribution is 5.67. The number of carbonyl (C=O) groups is 2. The normalized spacial score (nSPS) is 32.5. The van der Waals surface area contributed by atoms with E-state index < -0.39 is 6.09 Å². The molecule has 1 aliphatic carbocycles. The number of carbonyl (C=O) groups excluding carboxylic acids is 1. The van der Waals surface area contributed by atoms with Gasteiger partial charge in [0.15, 0.2) is 0 Å². The molecule has 1 rings (SSSR count). The molecule has 72 valence electrons. The molecule has 0 saturated carbocycles. The Labute approximate surface area is 76.6 Å². The van der Waals surface area contributed by atoms with Gasteiger partial charge in [-0.1, -0.05) is 19.1 Å². The van der Waals surface area contributed by atoms with Crippen molar-refractivity contribution in [1.82, 2.24) is 5.32 Å². The maximum atomic E-state index is 10.6. The summed E-state index contributed by atoms with van der Waals surface area (Å²) in [5.74, 6) is 0.123. The van der Waals surface area contributed by atoms with Crippen molar-refractivity contribution in [1.29, 1.82) is 0 Å². The minimum absolute atomic E-state index is 0.226. The van der Waals surface area contributed by atoms with Gasteiger partial charge in [0.05, 0.1) is 6.04 Å². The zero-order valence-electron chi connectivity index (χ0n) is 7.43. The van der Waals surface area contributed by atoms with E-state index >= 15 is 0 Å². The molecule has 0 aromatic rings. The largest absolute Gasteiger partial charge is 0.465 e. The fraction of sp³-hybridized carbons (Fsp3) is 0.556. The highest BCUT2D eigenvalue weighted by Crippen LogP contribution is 2.21. The van der Waals surface area contributed by atoms with E-state index in [-0.39, 0.29) is 12.0 Å². The van der Waals surface area contributed by atoms with Gasteiger partial charge in [-0.2, -0.15) is 0 Å². The maximum absolute atomic E-state index is 10.6. The van der Waals surface area contributed by atoms with Crippen molar-refractivity contribution >= 4 is 12.4 Å². The topological polar surface area (TPSA) is 66.4 Å². The van der Waals surface area contributed by atoms with Crippen molar-refractivity contribution in [3.05, 3.63) is 12.2 Å². The quantitative estimate of drug-likeness (QED) is 0.496. The second kappa shape index (κ2) is 4.07. The average molecular weight is 183 g/mol. The predicted octanol–water partition coefficient (Wildman–Crippen LogP) is 1.03. The lowest BCUT2D eigenvalue weighted by Crippen LogP contribution is -2.41. The standard InChI is InChI=1S/C9H13NO3/c1-6-2-3-8(10-9(12)13)7(4-6)5-11/h2-3,5-8,10H,4H2,1H3,(H,12,13). The Morgan fingerprint density at radius 2 is 2.31 bits per heavy atom. The van der Waals surface area contributed by atoms with Crippen LogP contribution in [-0.2, 0) is 4.79 Å². The van der Waals surface area contributed by atoms with E-state index in [1.54, 1.807) is 6.08 Å². The van der Waals surface area contributed by atoms with Crippen molar-refractivity contribution in [3.63, 3.8) is 0 Å². The molecule has 4 nitrogen and oxygen atoms in total. The average Bonchev–Trinajstić information content (AvgIpc) is 2.07. The van der Waals surface area contributed by atoms with Gasteiger partial charge in [-0.05, 0) is 12.3 Å². The number of aldehydes is 1. The number of hydrogen-bond acceptors (Lipinski definition) is 2. The first-order valence-corrected chi connectivity index (χ1v) is 4.26. The van der Waals surface area contributed by atoms with Gasteiger partial charge in [0.2, 0.25) is 0 Å². The molecular weight excluding hydrogens is 170 g/mol. The Hall–Kier alpha value is -1.32. The Morgan fingerprint density at radius 3 is 2.85 bits per heavy atom. The minimum atomic E-state index is -1.09. The van der Waals surface area contributed by atoms with Gasteiger partial charge in [0.1, 0.15) is 6.29 Å². The first-order valence-electron chi connectivity index (χ1n) is 4.26. The van der Waals surface area contributed by atoms with Crippen LogP contribution in [0.4, 0.5) is 4.79 Å². The summed E-state index contributed by atoms with van der Waals surface area (Å²) < 4.78 is 0. The van der Waals surface area contributed by atoms with Crippen molar-refractivity contribution in [3.8, 4) is 0 Å². The van der Waals surface area contributed by atoms with Gasteiger partial charge in [0, 0.05) is 5.92 Å². The van der Waals surface area contributed by atoms with Crippen LogP contribution in [0.25, 0.3) is 0 Å². The molecule has 0 radical (unpaired) electrons. The third-order valence-electron chi connectivity index (χ3n) is 2.22. The smallest absolute Gasteiger partial charge is 0.405 e. The number of nitrogens with one attached hydrogen (secondary N) is 1. The zero-order chi connectivity index (χ0) is 9.84. The van der Waals surface area contributed by atoms with Gasteiger partial charge in [-0.25, -0.2) is 4.79 Å². The van der Waals surface area contributed by atoms with Crippen LogP contribution in [0.2, 0.25) is 0 Å². The van der Waals surface area contributed by atoms with E-state index in [0.717, 1.165) is 6.29 Å². The van der Waals surface area contributed by atoms with Gasteiger partial charge >= 0.3 is 6.09 Å². The number of amides is 1. The summed E-state index contributed by atoms with van der Waals surface area (Å²) in [6, 6.07) is -0.355. The third kappa shape index (κ3) is 2.57. The number of allylic oxidation sites excluding steroid dienone is 1. The zero-order valence-corrected chi connectivity index (χ0v) is 7.43. The molecule has 0 aromatic carbocycles. The van der Waals surface area contributed by atoms with Crippen LogP contribution < -0.4 is 5.32 Å². The Balaban J connectivity index is 2.65. The molecule has 0 spiro atoms. The SMILES string of the molecule is CC1C=CC(NC(=O)O)C(C=O)C1. The van der Waals surface area contributed by atoms with Gasteiger partial charge in [0.25, 0.3) is 0 Å². The van der Waals surface area contributed by atoms with Gasteiger partial charge in [-0.3, -0.25) is 0 Å². The van der Waals surface area contributed by atoms with Crippen LogP contribution in [-0.4, -0.2) is 23.5 Å². The molecule has 0 saturated heterocycles. The van der Waals surface area contributed by atoms with Crippen LogP contribution in [0.3, 0.4) is 0 Å². The van der Waals surface area contributed by atoms with Crippen molar-refractivity contribution < 1.29 is 14.7 Å². The molecule has 0 bridgehead atoms. The van der Waals surface area contributed by atoms with E-state index in [2.05, 4.69) is 5.32 Å². The Kier molecular flexibility index (Phi) is 3.06. The summed E-state index contributed by atoms with van der Waals surface area (Å²) in [6.45, 7) is 2.00. The molecule has 0 aromatic heterocycles. The molecule has 1 aliphatic rings. The summed E-state index contributed by atoms with van der Waals surface area (Å²) in [4.78, 5) is 21.0. The molecule has 0 heterocycles. The number of rotatable bonds is 2. The summed E-state index contributed by atoms with van der Waals surface area (Å²) >= 11 is 0. The lowest BCUT2D eigenvalue weighted by atomic mass is 9.85. The van der Waals surface area contributed by atoms with Crippen molar-refractivity contribution in [2.75, 3.05) is 0 Å². The summed E-state index contributed by atoms with van der Waals surface area (Å²) in [5, 5.41) is 10.8. The number of carboxylic acid groups (broad SMARTS) is 1. The first-order chi connectivity index (χ1) is 6.13. The van der Waals surface area contributed by atoms with E-state index in [1.165, 1.54) is 0 Å². The summed E-state index contributed by atoms with van der Waals surface area (Å²) in [6.07, 6.45) is 4.13. The van der Waals surface area contributed by atoms with Crippen LogP contribution >= 0.6 is 0 Å². The Bertz CT molecular complexity index is 237. The third-order valence-corrected chi connectivity index (χ3v) is 2.22. The Morgan fingerprint density at radius 1 is 1.62 bits per heavy atom. The molecule has 0 fully saturated rings. The first kappa shape index (κ1) is 9.77. The monoisotopic (exact) mass is 183 g/mol. The fourth-order valence-corrected chi connectivity index (χ4v) is 1.54. The van der Waals surface area contributed by atoms with Crippen molar-refractivity contribution in [2.24, 2.45) is 11.8 Å². The molecule has 2 N–H and O–H groups in total. The van der Waals surface area contributed by atoms with Crippen LogP contribution in [0.5, 0.6) is 0 Å². The molecule has 13 heavy (non-hydrogen) atoms. The summed E-state index contributed by atoms with van der Waals surface area (Å²) in [5.41, 5.74) is 0. The highest BCUT2D eigenvalue weighted by atomic mass is 16.4. The second-order valence-electron chi connectivity index (χ2n) is 3.37. The van der Waals surface area contributed by atoms with Crippen LogP contribution in [0.15, 0.2) is 12.2 Å². The summed E-state index contributed by atoms with van der Waals surface area (Å²) in [7, 11) is 0. The highest BCUT2D eigenvalue weighted by Gasteiger charge is 2.25. The second-order valence-corrected chi connectivity index (χ2v) is 3.37. The lowest BCUT2D eigenvalue weighted by Gasteiger charge is -2.26. The number of hydrogen-bond donors (Lipinski definition) is 2. The maximum Gasteiger partial charge on any atom is 0.405 e. The lowest BCUT2D eigenvalue weighted by molar-refractivity contribution is -0.112. The molecular formula is C9H13NO3. The molecule has 1 amide bonds. The van der Waals surface area contributed by atoms with Gasteiger partial charge in [-0.15, -0.1) is 0 Å². The van der Waals surface area contributed by atoms with E-state index in [1.807, 2.05) is 13.0 Å². The van der Waals surface area contributed by atoms with E-state index in [4.69, 9.17) is 5.11 Å². The minimum Gasteiger partial charge on any atom is -0.465 e.